The molecule has 4 rings (SSSR count). The van der Waals surface area contributed by atoms with Gasteiger partial charge in [-0.2, -0.15) is 0 Å². The summed E-state index contributed by atoms with van der Waals surface area (Å²) in [7, 11) is 0. The summed E-state index contributed by atoms with van der Waals surface area (Å²) in [5.41, 5.74) is 3.15. The second-order valence-electron chi connectivity index (χ2n) is 4.89. The monoisotopic (exact) mass is 271 g/mol. The Kier molecular flexibility index (Phi) is 2.57. The second kappa shape index (κ2) is 4.56. The van der Waals surface area contributed by atoms with Gasteiger partial charge in [0.1, 0.15) is 0 Å². The quantitative estimate of drug-likeness (QED) is 0.546. The van der Waals surface area contributed by atoms with Crippen LogP contribution in [0, 0.1) is 0 Å². The van der Waals surface area contributed by atoms with Crippen molar-refractivity contribution >= 4 is 27.9 Å². The number of hydrogen-bond acceptors (Lipinski definition) is 2. The van der Waals surface area contributed by atoms with E-state index < -0.39 is 0 Å². The van der Waals surface area contributed by atoms with Gasteiger partial charge in [-0.25, -0.2) is 9.97 Å². The van der Waals surface area contributed by atoms with Crippen LogP contribution in [0.2, 0.25) is 0 Å². The SMILES string of the molecule is C=Cc1cnc(-n2c3ccccc3c3ccccc32)nc1. The van der Waals surface area contributed by atoms with Gasteiger partial charge in [-0.1, -0.05) is 49.1 Å². The highest BCUT2D eigenvalue weighted by Crippen LogP contribution is 2.30. The standard InChI is InChI=1S/C18H13N3/c1-2-13-11-19-18(20-12-13)21-16-9-5-3-7-14(16)15-8-4-6-10-17(15)21/h2-12H,1H2. The normalized spacial score (nSPS) is 11.0. The largest absolute Gasteiger partial charge is 0.278 e. The third-order valence-corrected chi connectivity index (χ3v) is 3.67. The van der Waals surface area contributed by atoms with Gasteiger partial charge >= 0.3 is 0 Å². The zero-order valence-electron chi connectivity index (χ0n) is 11.4. The first kappa shape index (κ1) is 11.9. The number of fused-ring (bicyclic) bond motifs is 3. The van der Waals surface area contributed by atoms with Crippen LogP contribution in [0.15, 0.2) is 67.5 Å². The van der Waals surface area contributed by atoms with Crippen molar-refractivity contribution in [3.63, 3.8) is 0 Å². The highest BCUT2D eigenvalue weighted by atomic mass is 15.1. The molecule has 0 N–H and O–H groups in total. The average Bonchev–Trinajstić information content (AvgIpc) is 2.90. The highest BCUT2D eigenvalue weighted by molar-refractivity contribution is 6.08. The molecule has 0 atom stereocenters. The van der Waals surface area contributed by atoms with Crippen LogP contribution in [-0.2, 0) is 0 Å². The van der Waals surface area contributed by atoms with Crippen molar-refractivity contribution < 1.29 is 0 Å². The molecule has 21 heavy (non-hydrogen) atoms. The molecule has 0 unspecified atom stereocenters. The van der Waals surface area contributed by atoms with E-state index in [2.05, 4.69) is 57.5 Å². The summed E-state index contributed by atoms with van der Waals surface area (Å²) in [6.07, 6.45) is 5.33. The molecule has 0 spiro atoms. The molecule has 0 saturated carbocycles. The first-order valence-electron chi connectivity index (χ1n) is 6.81. The number of benzene rings is 2. The molecule has 3 nitrogen and oxygen atoms in total. The number of hydrogen-bond donors (Lipinski definition) is 0. The molecule has 0 bridgehead atoms. The van der Waals surface area contributed by atoms with Crippen LogP contribution in [0.1, 0.15) is 5.56 Å². The van der Waals surface area contributed by atoms with Crippen molar-refractivity contribution in [2.45, 2.75) is 0 Å². The van der Waals surface area contributed by atoms with Gasteiger partial charge in [-0.15, -0.1) is 0 Å². The van der Waals surface area contributed by atoms with Crippen LogP contribution in [0.4, 0.5) is 0 Å². The molecule has 0 fully saturated rings. The van der Waals surface area contributed by atoms with E-state index in [0.717, 1.165) is 16.6 Å². The lowest BCUT2D eigenvalue weighted by Crippen LogP contribution is -2.00. The van der Waals surface area contributed by atoms with E-state index >= 15 is 0 Å². The van der Waals surface area contributed by atoms with E-state index in [0.29, 0.717) is 5.95 Å². The number of nitrogens with zero attached hydrogens (tertiary/aromatic N) is 3. The van der Waals surface area contributed by atoms with Crippen molar-refractivity contribution in [1.82, 2.24) is 14.5 Å². The predicted molar refractivity (Wildman–Crippen MR) is 86.5 cm³/mol. The maximum atomic E-state index is 4.47. The number of aromatic nitrogens is 3. The summed E-state index contributed by atoms with van der Waals surface area (Å²) in [6, 6.07) is 16.6. The lowest BCUT2D eigenvalue weighted by Gasteiger charge is -2.05. The molecule has 0 aliphatic carbocycles. The molecular weight excluding hydrogens is 258 g/mol. The van der Waals surface area contributed by atoms with E-state index in [4.69, 9.17) is 0 Å². The third kappa shape index (κ3) is 1.75. The van der Waals surface area contributed by atoms with Gasteiger partial charge in [0, 0.05) is 28.7 Å². The first-order valence-corrected chi connectivity index (χ1v) is 6.81. The average molecular weight is 271 g/mol. The number of para-hydroxylation sites is 2. The highest BCUT2D eigenvalue weighted by Gasteiger charge is 2.12. The molecule has 0 aliphatic rings. The van der Waals surface area contributed by atoms with E-state index in [-0.39, 0.29) is 0 Å². The van der Waals surface area contributed by atoms with Gasteiger partial charge in [-0.3, -0.25) is 4.57 Å². The lowest BCUT2D eigenvalue weighted by atomic mass is 10.2. The predicted octanol–water partition coefficient (Wildman–Crippen LogP) is 4.22. The van der Waals surface area contributed by atoms with E-state index in [1.54, 1.807) is 18.5 Å². The fourth-order valence-corrected chi connectivity index (χ4v) is 2.69. The third-order valence-electron chi connectivity index (χ3n) is 3.67. The molecule has 0 amide bonds. The lowest BCUT2D eigenvalue weighted by molar-refractivity contribution is 0.985. The molecule has 3 heteroatoms. The summed E-state index contributed by atoms with van der Waals surface area (Å²) < 4.78 is 2.09. The smallest absolute Gasteiger partial charge is 0.234 e. The van der Waals surface area contributed by atoms with Crippen LogP contribution >= 0.6 is 0 Å². The Morgan fingerprint density at radius 2 is 1.33 bits per heavy atom. The first-order chi connectivity index (χ1) is 10.4. The summed E-state index contributed by atoms with van der Waals surface area (Å²) in [6.45, 7) is 3.74. The van der Waals surface area contributed by atoms with E-state index in [1.807, 2.05) is 12.1 Å². The molecule has 2 heterocycles. The van der Waals surface area contributed by atoms with Gasteiger partial charge < -0.3 is 0 Å². The van der Waals surface area contributed by atoms with Crippen molar-refractivity contribution in [3.8, 4) is 5.95 Å². The van der Waals surface area contributed by atoms with Crippen LogP contribution in [0.5, 0.6) is 0 Å². The Hall–Kier alpha value is -2.94. The van der Waals surface area contributed by atoms with Crippen molar-refractivity contribution in [3.05, 3.63) is 73.1 Å². The summed E-state index contributed by atoms with van der Waals surface area (Å²) in [5.74, 6) is 0.679. The van der Waals surface area contributed by atoms with Crippen molar-refractivity contribution in [2.75, 3.05) is 0 Å². The maximum Gasteiger partial charge on any atom is 0.234 e. The summed E-state index contributed by atoms with van der Waals surface area (Å²) >= 11 is 0. The molecular formula is C18H13N3. The van der Waals surface area contributed by atoms with Gasteiger partial charge in [0.15, 0.2) is 0 Å². The summed E-state index contributed by atoms with van der Waals surface area (Å²) in [5, 5.41) is 2.42. The maximum absolute atomic E-state index is 4.47. The second-order valence-corrected chi connectivity index (χ2v) is 4.89. The minimum Gasteiger partial charge on any atom is -0.278 e. The molecule has 4 aromatic rings. The zero-order valence-corrected chi connectivity index (χ0v) is 11.4. The Morgan fingerprint density at radius 3 is 1.86 bits per heavy atom. The van der Waals surface area contributed by atoms with Gasteiger partial charge in [0.2, 0.25) is 5.95 Å². The minimum atomic E-state index is 0.679. The van der Waals surface area contributed by atoms with Crippen molar-refractivity contribution in [2.24, 2.45) is 0 Å². The zero-order chi connectivity index (χ0) is 14.2. The Morgan fingerprint density at radius 1 is 0.810 bits per heavy atom. The van der Waals surface area contributed by atoms with E-state index in [1.165, 1.54) is 10.8 Å². The fraction of sp³-hybridized carbons (Fsp3) is 0. The molecule has 0 aliphatic heterocycles. The Labute approximate surface area is 122 Å². The topological polar surface area (TPSA) is 30.7 Å². The van der Waals surface area contributed by atoms with Crippen LogP contribution in [0.25, 0.3) is 33.8 Å². The number of rotatable bonds is 2. The molecule has 100 valence electrons. The molecule has 2 aromatic heterocycles. The fourth-order valence-electron chi connectivity index (χ4n) is 2.69. The van der Waals surface area contributed by atoms with Gasteiger partial charge in [0.25, 0.3) is 0 Å². The molecule has 0 radical (unpaired) electrons. The molecule has 2 aromatic carbocycles. The van der Waals surface area contributed by atoms with Gasteiger partial charge in [-0.05, 0) is 12.1 Å². The van der Waals surface area contributed by atoms with E-state index in [9.17, 15) is 0 Å². The van der Waals surface area contributed by atoms with Gasteiger partial charge in [0.05, 0.1) is 11.0 Å². The van der Waals surface area contributed by atoms with Crippen LogP contribution < -0.4 is 0 Å². The summed E-state index contributed by atoms with van der Waals surface area (Å²) in [4.78, 5) is 8.95. The molecule has 0 saturated heterocycles. The van der Waals surface area contributed by atoms with Crippen LogP contribution in [0.3, 0.4) is 0 Å². The Balaban J connectivity index is 2.11. The minimum absolute atomic E-state index is 0.679. The van der Waals surface area contributed by atoms with Crippen LogP contribution in [-0.4, -0.2) is 14.5 Å². The van der Waals surface area contributed by atoms with Crippen molar-refractivity contribution in [1.29, 1.82) is 0 Å². The Bertz CT molecular complexity index is 896.